The number of alkyl halides is 1. The van der Waals surface area contributed by atoms with Crippen molar-refractivity contribution in [1.29, 1.82) is 0 Å². The van der Waals surface area contributed by atoms with Gasteiger partial charge in [-0.2, -0.15) is 4.98 Å². The van der Waals surface area contributed by atoms with E-state index in [0.717, 1.165) is 0 Å². The highest BCUT2D eigenvalue weighted by molar-refractivity contribution is 7.44. The van der Waals surface area contributed by atoms with Crippen LogP contribution in [0.1, 0.15) is 56.0 Å². The highest BCUT2D eigenvalue weighted by Gasteiger charge is 2.48. The minimum atomic E-state index is -1.78. The molecule has 1 saturated heterocycles. The number of nitrogens with zero attached hydrogens (tertiary/aromatic N) is 5. The lowest BCUT2D eigenvalue weighted by Gasteiger charge is -2.37. The first kappa shape index (κ1) is 27.5. The molecule has 204 valence electrons. The number of aromatic nitrogens is 4. The zero-order chi connectivity index (χ0) is 28.1. The third-order valence-electron chi connectivity index (χ3n) is 5.60. The van der Waals surface area contributed by atoms with Crippen molar-refractivity contribution in [2.45, 2.75) is 85.1 Å². The van der Waals surface area contributed by atoms with E-state index in [9.17, 15) is 9.59 Å². The summed E-state index contributed by atoms with van der Waals surface area (Å²) in [6.45, 7) is 18.3. The van der Waals surface area contributed by atoms with Crippen molar-refractivity contribution in [3.8, 4) is 0 Å². The van der Waals surface area contributed by atoms with Crippen LogP contribution in [0.25, 0.3) is 16.0 Å². The van der Waals surface area contributed by atoms with Gasteiger partial charge in [0.25, 0.3) is 14.1 Å². The predicted octanol–water partition coefficient (Wildman–Crippen LogP) is 3.64. The van der Waals surface area contributed by atoms with Gasteiger partial charge in [0.1, 0.15) is 12.7 Å². The van der Waals surface area contributed by atoms with E-state index in [2.05, 4.69) is 25.1 Å². The van der Waals surface area contributed by atoms with E-state index >= 15 is 4.39 Å². The Balaban J connectivity index is 1.93. The highest BCUT2D eigenvalue weighted by Crippen LogP contribution is 2.50. The fourth-order valence-corrected chi connectivity index (χ4v) is 5.63. The summed E-state index contributed by atoms with van der Waals surface area (Å²) in [5, 5.41) is 2.53. The number of anilines is 1. The number of nitrogens with one attached hydrogen (secondary N) is 2. The Morgan fingerprint density at radius 3 is 2.70 bits per heavy atom. The number of carbonyl (C=O) groups is 1. The van der Waals surface area contributed by atoms with Gasteiger partial charge in [-0.3, -0.25) is 24.5 Å². The number of hydrogen-bond acceptors (Lipinski definition) is 8. The van der Waals surface area contributed by atoms with Crippen molar-refractivity contribution in [2.24, 2.45) is 5.92 Å². The number of rotatable bonds is 11. The first-order chi connectivity index (χ1) is 18.0. The van der Waals surface area contributed by atoms with Crippen molar-refractivity contribution in [3.05, 3.63) is 28.1 Å². The molecule has 1 aliphatic rings. The molecule has 0 bridgehead atoms. The van der Waals surface area contributed by atoms with Crippen LogP contribution in [0.15, 0.2) is 11.1 Å². The number of fused-ring (bicyclic) bond motifs is 1. The SMILES string of the molecule is [2H]C[C@H]1O[C@@H](n2cnc3c(=O)[nH]c(NC(=O)C(C)C)nc32)[C@H](F)[C@@H]1OP(OCC[N+]#[C-])N(C(C)C)C(C)C. The number of H-pyrrole nitrogens is 1. The summed E-state index contributed by atoms with van der Waals surface area (Å²) in [4.78, 5) is 38.8. The Kier molecular flexibility index (Phi) is 9.21. The zero-order valence-electron chi connectivity index (χ0n) is 22.8. The molecular formula is C23H35FN7O5P. The first-order valence-electron chi connectivity index (χ1n) is 12.8. The molecule has 1 fully saturated rings. The fourth-order valence-electron chi connectivity index (χ4n) is 3.87. The number of hydrogen-bond donors (Lipinski definition) is 2. The maximum atomic E-state index is 16.0. The molecule has 2 aromatic rings. The van der Waals surface area contributed by atoms with Crippen LogP contribution in [-0.2, 0) is 18.6 Å². The van der Waals surface area contributed by atoms with Gasteiger partial charge in [-0.1, -0.05) is 13.8 Å². The Bertz CT molecular complexity index is 1200. The van der Waals surface area contributed by atoms with Crippen molar-refractivity contribution in [3.63, 3.8) is 0 Å². The van der Waals surface area contributed by atoms with Crippen LogP contribution in [0, 0.1) is 12.5 Å². The molecule has 0 aliphatic carbocycles. The van der Waals surface area contributed by atoms with E-state index in [1.54, 1.807) is 13.8 Å². The van der Waals surface area contributed by atoms with E-state index in [0.29, 0.717) is 0 Å². The molecule has 0 radical (unpaired) electrons. The predicted molar refractivity (Wildman–Crippen MR) is 137 cm³/mol. The largest absolute Gasteiger partial charge is 0.349 e. The molecule has 2 N–H and O–H groups in total. The Morgan fingerprint density at radius 2 is 2.11 bits per heavy atom. The molecule has 14 heteroatoms. The number of imidazole rings is 1. The average Bonchev–Trinajstić information content (AvgIpc) is 3.39. The number of ether oxygens (including phenoxy) is 1. The molecule has 1 amide bonds. The lowest BCUT2D eigenvalue weighted by Crippen LogP contribution is -2.37. The summed E-state index contributed by atoms with van der Waals surface area (Å²) >= 11 is 0. The number of halogens is 1. The Labute approximate surface area is 218 Å². The van der Waals surface area contributed by atoms with E-state index in [1.165, 1.54) is 10.9 Å². The van der Waals surface area contributed by atoms with Crippen LogP contribution in [0.5, 0.6) is 0 Å². The smallest absolute Gasteiger partial charge is 0.280 e. The van der Waals surface area contributed by atoms with E-state index in [4.69, 9.17) is 21.7 Å². The van der Waals surface area contributed by atoms with Gasteiger partial charge in [0.05, 0.1) is 12.4 Å². The van der Waals surface area contributed by atoms with Gasteiger partial charge in [-0.05, 0) is 34.6 Å². The summed E-state index contributed by atoms with van der Waals surface area (Å²) in [7, 11) is -1.78. The standard InChI is InChI=1S/C23H35FN7O5P/c1-12(2)20(32)28-23-27-19-17(21(33)29-23)26-11-30(19)22-16(24)18(15(7)35-22)36-37(34-10-9-25-8)31(13(3)4)14(5)6/h11-16,18,22H,9-10H2,1-7H3,(H2,27,28,29,32,33)/t15-,16-,18-,22-,37?/m1/s1/i7D. The van der Waals surface area contributed by atoms with Crippen molar-refractivity contribution in [1.82, 2.24) is 24.2 Å². The number of amides is 1. The minimum Gasteiger partial charge on any atom is -0.349 e. The molecule has 2 aromatic heterocycles. The second kappa shape index (κ2) is 12.4. The Hall–Kier alpha value is -2.49. The quantitative estimate of drug-likeness (QED) is 0.251. The van der Waals surface area contributed by atoms with Crippen LogP contribution in [0.2, 0.25) is 0 Å². The first-order valence-corrected chi connectivity index (χ1v) is 13.2. The molecule has 37 heavy (non-hydrogen) atoms. The number of carbonyl (C=O) groups excluding carboxylic acids is 1. The monoisotopic (exact) mass is 540 g/mol. The molecule has 0 aromatic carbocycles. The van der Waals surface area contributed by atoms with Gasteiger partial charge in [-0.15, -0.1) is 0 Å². The molecule has 1 unspecified atom stereocenters. The second-order valence-electron chi connectivity index (χ2n) is 9.48. The van der Waals surface area contributed by atoms with E-state index < -0.39 is 38.7 Å². The molecule has 0 spiro atoms. The van der Waals surface area contributed by atoms with Gasteiger partial charge in [0.15, 0.2) is 23.6 Å². The van der Waals surface area contributed by atoms with Crippen LogP contribution in [-0.4, -0.2) is 73.7 Å². The summed E-state index contributed by atoms with van der Waals surface area (Å²) < 4.78 is 45.2. The van der Waals surface area contributed by atoms with E-state index in [-0.39, 0.29) is 61.1 Å². The number of aromatic amines is 1. The van der Waals surface area contributed by atoms with Gasteiger partial charge >= 0.3 is 0 Å². The van der Waals surface area contributed by atoms with Gasteiger partial charge < -0.3 is 18.6 Å². The second-order valence-corrected chi connectivity index (χ2v) is 10.9. The molecule has 3 rings (SSSR count). The molecular weight excluding hydrogens is 504 g/mol. The van der Waals surface area contributed by atoms with Crippen LogP contribution < -0.4 is 10.9 Å². The summed E-state index contributed by atoms with van der Waals surface area (Å²) in [5.41, 5.74) is -0.635. The summed E-state index contributed by atoms with van der Waals surface area (Å²) in [5.74, 6) is -0.802. The van der Waals surface area contributed by atoms with E-state index in [1.807, 2.05) is 32.4 Å². The van der Waals surface area contributed by atoms with Crippen molar-refractivity contribution >= 4 is 31.5 Å². The average molecular weight is 541 g/mol. The van der Waals surface area contributed by atoms with Crippen molar-refractivity contribution in [2.75, 3.05) is 18.5 Å². The molecule has 0 saturated carbocycles. The minimum absolute atomic E-state index is 0.00710. The van der Waals surface area contributed by atoms with Crippen LogP contribution in [0.4, 0.5) is 10.3 Å². The van der Waals surface area contributed by atoms with Gasteiger partial charge in [0, 0.05) is 19.4 Å². The maximum Gasteiger partial charge on any atom is 0.280 e. The third-order valence-corrected chi connectivity index (χ3v) is 7.73. The normalized spacial score (nSPS) is 23.2. The van der Waals surface area contributed by atoms with Crippen LogP contribution in [0.3, 0.4) is 0 Å². The van der Waals surface area contributed by atoms with Crippen LogP contribution >= 0.6 is 8.53 Å². The summed E-state index contributed by atoms with van der Waals surface area (Å²) in [6.07, 6.45) is -3.89. The topological polar surface area (TPSA) is 128 Å². The van der Waals surface area contributed by atoms with Gasteiger partial charge in [0.2, 0.25) is 18.4 Å². The molecule has 12 nitrogen and oxygen atoms in total. The molecule has 5 atom stereocenters. The zero-order valence-corrected chi connectivity index (χ0v) is 22.7. The Morgan fingerprint density at radius 1 is 1.41 bits per heavy atom. The molecule has 1 aliphatic heterocycles. The van der Waals surface area contributed by atoms with Crippen molar-refractivity contribution < 1.29 is 24.3 Å². The lowest BCUT2D eigenvalue weighted by atomic mass is 10.2. The maximum absolute atomic E-state index is 16.0. The third kappa shape index (κ3) is 6.51. The summed E-state index contributed by atoms with van der Waals surface area (Å²) in [6, 6.07) is 0.0142. The highest BCUT2D eigenvalue weighted by atomic mass is 31.2. The lowest BCUT2D eigenvalue weighted by molar-refractivity contribution is -0.118. The molecule has 3 heterocycles. The van der Waals surface area contributed by atoms with Gasteiger partial charge in [-0.25, -0.2) is 20.6 Å². The fraction of sp³-hybridized carbons (Fsp3) is 0.696.